The van der Waals surface area contributed by atoms with Gasteiger partial charge in [0.05, 0.1) is 60.1 Å². The van der Waals surface area contributed by atoms with Crippen molar-refractivity contribution in [1.82, 2.24) is 40.3 Å². The molecule has 0 bridgehead atoms. The van der Waals surface area contributed by atoms with Crippen LogP contribution < -0.4 is 36.6 Å². The van der Waals surface area contributed by atoms with Gasteiger partial charge in [-0.3, -0.25) is 53.5 Å². The van der Waals surface area contributed by atoms with E-state index in [0.29, 0.717) is 69.7 Å². The molecule has 1 unspecified atom stereocenters. The van der Waals surface area contributed by atoms with Crippen LogP contribution >= 0.6 is 0 Å². The summed E-state index contributed by atoms with van der Waals surface area (Å²) in [7, 11) is 1.95. The van der Waals surface area contributed by atoms with Gasteiger partial charge in [-0.1, -0.05) is 6.07 Å². The van der Waals surface area contributed by atoms with E-state index in [2.05, 4.69) is 41.1 Å². The molecule has 0 aliphatic carbocycles. The lowest BCUT2D eigenvalue weighted by Crippen LogP contribution is -2.55. The standard InChI is InChI=1S/C51H58F4N12O10/c1-29-27-66(28-30(2)63(29)3)40-23-36(52)33(21-38(40)61-46(72)34-26-58-43(70)22-35(34)51(53,54)55)31-24-59-50(60-25-31)65-15-13-64(14-16-65)44(71)10-9-41(68)57-12-18-77-20-19-76-17-11-56-37-6-4-5-32-45(37)49(75)67(48(32)74)39-7-8-42(69)62-47(39)73/h4-6,21-26,29-30,39,56H,7-20,27-28H2,1-3H3,(H,57,68)(H,58,70)(H,61,72)(H,62,69,73)/t29-,30+,39?. The topological polar surface area (TPSA) is 261 Å². The fraction of sp³-hybridized carbons (Fsp3) is 0.451. The quantitative estimate of drug-likeness (QED) is 0.0514. The normalized spacial score (nSPS) is 19.1. The van der Waals surface area contributed by atoms with Crippen LogP contribution in [0.2, 0.25) is 0 Å². The Balaban J connectivity index is 0.747. The molecule has 77 heavy (non-hydrogen) atoms. The molecule has 3 saturated heterocycles. The van der Waals surface area contributed by atoms with Crippen LogP contribution in [0.15, 0.2) is 59.8 Å². The van der Waals surface area contributed by atoms with Crippen molar-refractivity contribution in [1.29, 1.82) is 0 Å². The van der Waals surface area contributed by atoms with Crippen molar-refractivity contribution in [3.05, 3.63) is 93.4 Å². The first-order valence-corrected chi connectivity index (χ1v) is 25.1. The van der Waals surface area contributed by atoms with Crippen LogP contribution in [0, 0.1) is 5.82 Å². The molecule has 2 aromatic carbocycles. The molecule has 7 amide bonds. The number of imide groups is 2. The van der Waals surface area contributed by atoms with Gasteiger partial charge in [-0.2, -0.15) is 13.2 Å². The molecule has 8 rings (SSSR count). The molecular weight excluding hydrogens is 1020 g/mol. The van der Waals surface area contributed by atoms with Crippen molar-refractivity contribution in [2.24, 2.45) is 0 Å². The highest BCUT2D eigenvalue weighted by molar-refractivity contribution is 6.25. The van der Waals surface area contributed by atoms with E-state index in [1.807, 2.05) is 30.7 Å². The van der Waals surface area contributed by atoms with Crippen molar-refractivity contribution < 1.29 is 60.6 Å². The van der Waals surface area contributed by atoms with E-state index in [0.717, 1.165) is 4.90 Å². The summed E-state index contributed by atoms with van der Waals surface area (Å²) in [5, 5.41) is 10.5. The zero-order chi connectivity index (χ0) is 55.1. The number of hydrogen-bond donors (Lipinski definition) is 5. The van der Waals surface area contributed by atoms with E-state index >= 15 is 4.39 Å². The van der Waals surface area contributed by atoms with Gasteiger partial charge >= 0.3 is 6.18 Å². The van der Waals surface area contributed by atoms with Crippen LogP contribution in [0.4, 0.5) is 40.6 Å². The summed E-state index contributed by atoms with van der Waals surface area (Å²) in [6.07, 6.45) is -1.50. The Kier molecular flexibility index (Phi) is 17.3. The average Bonchev–Trinajstić information content (AvgIpc) is 3.70. The summed E-state index contributed by atoms with van der Waals surface area (Å²) in [6.45, 7) is 7.61. The second-order valence-electron chi connectivity index (χ2n) is 19.0. The van der Waals surface area contributed by atoms with Crippen LogP contribution in [0.3, 0.4) is 0 Å². The maximum Gasteiger partial charge on any atom is 0.417 e. The second-order valence-corrected chi connectivity index (χ2v) is 19.0. The molecule has 0 radical (unpaired) electrons. The molecule has 4 aromatic rings. The summed E-state index contributed by atoms with van der Waals surface area (Å²) < 4.78 is 69.1. The number of halogens is 4. The minimum Gasteiger partial charge on any atom is -0.382 e. The van der Waals surface area contributed by atoms with Crippen molar-refractivity contribution in [3.8, 4) is 11.1 Å². The van der Waals surface area contributed by atoms with Gasteiger partial charge in [-0.25, -0.2) is 14.4 Å². The summed E-state index contributed by atoms with van der Waals surface area (Å²) in [6, 6.07) is 6.59. The lowest BCUT2D eigenvalue weighted by atomic mass is 10.0. The fourth-order valence-electron chi connectivity index (χ4n) is 9.58. The number of likely N-dealkylation sites (N-methyl/N-ethyl adjacent to an activating group) is 1. The maximum absolute atomic E-state index is 16.1. The molecule has 0 spiro atoms. The number of aromatic amines is 1. The number of benzene rings is 2. The highest BCUT2D eigenvalue weighted by Crippen LogP contribution is 2.38. The van der Waals surface area contributed by atoms with E-state index in [1.54, 1.807) is 17.0 Å². The molecular formula is C51H58F4N12O10. The van der Waals surface area contributed by atoms with Crippen LogP contribution in [0.1, 0.15) is 76.2 Å². The van der Waals surface area contributed by atoms with Crippen LogP contribution in [0.25, 0.3) is 11.1 Å². The molecule has 0 saturated carbocycles. The maximum atomic E-state index is 16.1. The number of piperazine rings is 2. The minimum absolute atomic E-state index is 0.0118. The molecule has 4 aliphatic rings. The number of anilines is 4. The lowest BCUT2D eigenvalue weighted by Gasteiger charge is -2.44. The van der Waals surface area contributed by atoms with Crippen LogP contribution in [-0.4, -0.2) is 175 Å². The van der Waals surface area contributed by atoms with Crippen molar-refractivity contribution in [3.63, 3.8) is 0 Å². The zero-order valence-corrected chi connectivity index (χ0v) is 42.5. The predicted octanol–water partition coefficient (Wildman–Crippen LogP) is 2.86. The summed E-state index contributed by atoms with van der Waals surface area (Å²) in [5.74, 6) is -4.43. The second kappa shape index (κ2) is 24.0. The highest BCUT2D eigenvalue weighted by Gasteiger charge is 2.46. The van der Waals surface area contributed by atoms with E-state index < -0.39 is 64.3 Å². The number of piperidine rings is 1. The Hall–Kier alpha value is -7.84. The third-order valence-corrected chi connectivity index (χ3v) is 13.9. The molecule has 410 valence electrons. The Morgan fingerprint density at radius 2 is 1.51 bits per heavy atom. The van der Waals surface area contributed by atoms with Gasteiger partial charge < -0.3 is 45.1 Å². The Morgan fingerprint density at radius 3 is 2.18 bits per heavy atom. The van der Waals surface area contributed by atoms with Gasteiger partial charge in [-0.05, 0) is 51.6 Å². The van der Waals surface area contributed by atoms with Crippen molar-refractivity contribution in [2.45, 2.75) is 63.8 Å². The van der Waals surface area contributed by atoms with Crippen molar-refractivity contribution >= 4 is 64.4 Å². The van der Waals surface area contributed by atoms with Gasteiger partial charge in [0, 0.05) is 125 Å². The van der Waals surface area contributed by atoms with E-state index in [9.17, 15) is 51.5 Å². The predicted molar refractivity (Wildman–Crippen MR) is 271 cm³/mol. The fourth-order valence-corrected chi connectivity index (χ4v) is 9.58. The number of hydrogen-bond acceptors (Lipinski definition) is 16. The highest BCUT2D eigenvalue weighted by atomic mass is 19.4. The largest absolute Gasteiger partial charge is 0.417 e. The van der Waals surface area contributed by atoms with E-state index in [1.165, 1.54) is 30.6 Å². The van der Waals surface area contributed by atoms with Gasteiger partial charge in [0.2, 0.25) is 35.1 Å². The minimum atomic E-state index is -5.01. The first kappa shape index (κ1) is 55.4. The average molecular weight is 1080 g/mol. The number of ether oxygens (including phenoxy) is 2. The number of aromatic nitrogens is 3. The molecule has 4 aliphatic heterocycles. The molecule has 5 N–H and O–H groups in total. The number of rotatable bonds is 19. The molecule has 2 aromatic heterocycles. The first-order valence-electron chi connectivity index (χ1n) is 25.1. The number of carbonyl (C=O) groups is 7. The third kappa shape index (κ3) is 12.9. The van der Waals surface area contributed by atoms with Crippen LogP contribution in [-0.2, 0) is 34.8 Å². The van der Waals surface area contributed by atoms with Crippen LogP contribution in [0.5, 0.6) is 0 Å². The van der Waals surface area contributed by atoms with Crippen molar-refractivity contribution in [2.75, 3.05) is 106 Å². The summed E-state index contributed by atoms with van der Waals surface area (Å²) in [5.41, 5.74) is -2.08. The molecule has 3 atom stereocenters. The molecule has 3 fully saturated rings. The monoisotopic (exact) mass is 1070 g/mol. The lowest BCUT2D eigenvalue weighted by molar-refractivity contribution is -0.138. The van der Waals surface area contributed by atoms with E-state index in [4.69, 9.17) is 9.47 Å². The SMILES string of the molecule is C[C@@H]1CN(c2cc(F)c(-c3cnc(N4CCN(C(=O)CCC(=O)NCCOCCOCCNc5cccc6c5C(=O)N(C5CCC(=O)NC5=O)C6=O)CC4)nc3)cc2NC(=O)c2c[nH]c(=O)cc2C(F)(F)F)C[C@H](C)N1C. The van der Waals surface area contributed by atoms with Gasteiger partial charge in [0.15, 0.2) is 0 Å². The number of amides is 7. The first-order chi connectivity index (χ1) is 36.8. The smallest absolute Gasteiger partial charge is 0.382 e. The molecule has 6 heterocycles. The Bertz CT molecular complexity index is 2960. The number of pyridine rings is 1. The number of fused-ring (bicyclic) bond motifs is 1. The van der Waals surface area contributed by atoms with Gasteiger partial charge in [-0.15, -0.1) is 0 Å². The molecule has 26 heteroatoms. The van der Waals surface area contributed by atoms with Gasteiger partial charge in [0.25, 0.3) is 17.7 Å². The number of H-pyrrole nitrogens is 1. The zero-order valence-electron chi connectivity index (χ0n) is 42.5. The number of nitrogens with zero attached hydrogens (tertiary/aromatic N) is 7. The number of alkyl halides is 3. The van der Waals surface area contributed by atoms with Gasteiger partial charge in [0.1, 0.15) is 11.9 Å². The number of carbonyl (C=O) groups excluding carboxylic acids is 7. The Labute approximate surface area is 438 Å². The summed E-state index contributed by atoms with van der Waals surface area (Å²) >= 11 is 0. The Morgan fingerprint density at radius 1 is 0.818 bits per heavy atom. The third-order valence-electron chi connectivity index (χ3n) is 13.9. The van der Waals surface area contributed by atoms with E-state index in [-0.39, 0.29) is 116 Å². The number of nitrogens with one attached hydrogen (secondary N) is 5. The molecule has 22 nitrogen and oxygen atoms in total. The summed E-state index contributed by atoms with van der Waals surface area (Å²) in [4.78, 5) is 121.